The van der Waals surface area contributed by atoms with Crippen LogP contribution in [-0.2, 0) is 19.2 Å². The number of carbonyl (C=O) groups excluding carboxylic acids is 4. The zero-order valence-corrected chi connectivity index (χ0v) is 13.0. The molecule has 2 rings (SSSR count). The van der Waals surface area contributed by atoms with Crippen molar-refractivity contribution in [2.24, 2.45) is 16.7 Å². The maximum Gasteiger partial charge on any atom is 0.231 e. The number of fused-ring (bicyclic) bond motifs is 2. The van der Waals surface area contributed by atoms with E-state index in [9.17, 15) is 0 Å². The fourth-order valence-electron chi connectivity index (χ4n) is 3.11. The van der Waals surface area contributed by atoms with Gasteiger partial charge in [-0.05, 0) is 42.4 Å². The van der Waals surface area contributed by atoms with E-state index in [0.717, 1.165) is 30.2 Å². The lowest BCUT2D eigenvalue weighted by Crippen LogP contribution is -2.26. The number of hydrogen-bond donors (Lipinski definition) is 4. The van der Waals surface area contributed by atoms with Gasteiger partial charge in [-0.2, -0.15) is 0 Å². The van der Waals surface area contributed by atoms with Crippen LogP contribution in [0, 0.1) is 38.4 Å². The van der Waals surface area contributed by atoms with Crippen molar-refractivity contribution in [3.8, 4) is 0 Å². The van der Waals surface area contributed by atoms with Gasteiger partial charge in [-0.3, -0.25) is 0 Å². The number of rotatable bonds is 0. The van der Waals surface area contributed by atoms with Crippen molar-refractivity contribution in [3.63, 3.8) is 0 Å². The quantitative estimate of drug-likeness (QED) is 0.399. The predicted octanol–water partition coefficient (Wildman–Crippen LogP) is 2.83. The highest BCUT2D eigenvalue weighted by atomic mass is 16.1. The van der Waals surface area contributed by atoms with Gasteiger partial charge < -0.3 is 0 Å². The summed E-state index contributed by atoms with van der Waals surface area (Å²) in [7, 11) is 0. The largest absolute Gasteiger partial charge is 0.231 e. The Labute approximate surface area is 129 Å². The van der Waals surface area contributed by atoms with Crippen molar-refractivity contribution in [1.82, 2.24) is 0 Å². The molecule has 0 amide bonds. The van der Waals surface area contributed by atoms with E-state index < -0.39 is 0 Å². The van der Waals surface area contributed by atoms with Gasteiger partial charge >= 0.3 is 0 Å². The molecule has 2 fully saturated rings. The Bertz CT molecular complexity index is 391. The van der Waals surface area contributed by atoms with E-state index in [-0.39, 0.29) is 0 Å². The minimum atomic E-state index is 0.660. The Morgan fingerprint density at radius 3 is 1.00 bits per heavy atom. The molecule has 2 aliphatic carbocycles. The average molecular weight is 310 g/mol. The standard InChI is InChI=1S/C10H18.4CHNO/c1-9(2)8-4-6-10(9,3)7-5-8;4*2-1-3/h8H,4-7H2,1-3H3;4*2H. The summed E-state index contributed by atoms with van der Waals surface area (Å²) in [5.41, 5.74) is 1.37. The molecule has 8 heteroatoms. The molecule has 4 N–H and O–H groups in total. The van der Waals surface area contributed by atoms with Crippen LogP contribution < -0.4 is 0 Å². The van der Waals surface area contributed by atoms with Crippen LogP contribution in [0.15, 0.2) is 0 Å². The maximum atomic E-state index is 8.35. The van der Waals surface area contributed by atoms with Crippen molar-refractivity contribution in [3.05, 3.63) is 0 Å². The van der Waals surface area contributed by atoms with E-state index in [1.165, 1.54) is 25.7 Å². The van der Waals surface area contributed by atoms with Crippen molar-refractivity contribution in [1.29, 1.82) is 21.6 Å². The average Bonchev–Trinajstić information content (AvgIpc) is 2.77. The van der Waals surface area contributed by atoms with Crippen LogP contribution in [0.2, 0.25) is 0 Å². The molecule has 0 aromatic carbocycles. The molecule has 0 saturated heterocycles. The van der Waals surface area contributed by atoms with Crippen molar-refractivity contribution >= 4 is 24.3 Å². The van der Waals surface area contributed by atoms with Crippen LogP contribution in [0.5, 0.6) is 0 Å². The first kappa shape index (κ1) is 24.5. The number of nitrogens with one attached hydrogen (secondary N) is 4. The zero-order valence-electron chi connectivity index (χ0n) is 13.0. The summed E-state index contributed by atoms with van der Waals surface area (Å²) in [4.78, 5) is 33.4. The summed E-state index contributed by atoms with van der Waals surface area (Å²) in [6.45, 7) is 7.43. The lowest BCUT2D eigenvalue weighted by atomic mass is 9.71. The van der Waals surface area contributed by atoms with Gasteiger partial charge in [0.05, 0.1) is 0 Å². The minimum Gasteiger partial charge on any atom is -0.222 e. The molecule has 0 aliphatic heterocycles. The van der Waals surface area contributed by atoms with Gasteiger partial charge in [-0.25, -0.2) is 40.8 Å². The monoisotopic (exact) mass is 310 g/mol. The van der Waals surface area contributed by atoms with E-state index in [1.54, 1.807) is 0 Å². The molecule has 0 spiro atoms. The van der Waals surface area contributed by atoms with Gasteiger partial charge in [0.15, 0.2) is 0 Å². The fourth-order valence-corrected chi connectivity index (χ4v) is 3.11. The topological polar surface area (TPSA) is 164 Å². The molecule has 22 heavy (non-hydrogen) atoms. The van der Waals surface area contributed by atoms with Crippen LogP contribution >= 0.6 is 0 Å². The highest BCUT2D eigenvalue weighted by Gasteiger charge is 2.55. The van der Waals surface area contributed by atoms with Crippen LogP contribution in [0.3, 0.4) is 0 Å². The third kappa shape index (κ3) is 7.95. The molecule has 0 heterocycles. The van der Waals surface area contributed by atoms with Gasteiger partial charge in [-0.1, -0.05) is 20.8 Å². The third-order valence-corrected chi connectivity index (χ3v) is 4.67. The van der Waals surface area contributed by atoms with Crippen molar-refractivity contribution in [2.45, 2.75) is 46.5 Å². The summed E-state index contributed by atoms with van der Waals surface area (Å²) >= 11 is 0. The summed E-state index contributed by atoms with van der Waals surface area (Å²) in [5, 5.41) is 21.6. The summed E-state index contributed by atoms with van der Waals surface area (Å²) < 4.78 is 0. The Kier molecular flexibility index (Phi) is 15.1. The molecule has 0 radical (unpaired) electrons. The Morgan fingerprint density at radius 1 is 0.727 bits per heavy atom. The summed E-state index contributed by atoms with van der Waals surface area (Å²) in [6.07, 6.45) is 8.99. The maximum absolute atomic E-state index is 8.35. The van der Waals surface area contributed by atoms with E-state index in [4.69, 9.17) is 40.8 Å². The van der Waals surface area contributed by atoms with Crippen molar-refractivity contribution < 1.29 is 19.2 Å². The van der Waals surface area contributed by atoms with Crippen LogP contribution in [0.1, 0.15) is 46.5 Å². The molecule has 0 unspecified atom stereocenters. The third-order valence-electron chi connectivity index (χ3n) is 4.67. The molecular formula is C14H22N4O4. The van der Waals surface area contributed by atoms with Gasteiger partial charge in [0, 0.05) is 0 Å². The molecule has 2 aliphatic rings. The van der Waals surface area contributed by atoms with Crippen molar-refractivity contribution in [2.75, 3.05) is 0 Å². The van der Waals surface area contributed by atoms with Gasteiger partial charge in [0.1, 0.15) is 0 Å². The first-order chi connectivity index (χ1) is 10.2. The SMILES string of the molecule is CC12CCC(CC1)C2(C)C.N=C=O.N=C=O.N=C=O.N=C=O. The normalized spacial score (nSPS) is 24.2. The summed E-state index contributed by atoms with van der Waals surface area (Å²) in [5.74, 6) is 1.05. The van der Waals surface area contributed by atoms with Crippen LogP contribution in [-0.4, -0.2) is 24.3 Å². The fraction of sp³-hybridized carbons (Fsp3) is 0.714. The Hall–Kier alpha value is -2.48. The molecule has 0 atom stereocenters. The van der Waals surface area contributed by atoms with Gasteiger partial charge in [0.2, 0.25) is 24.3 Å². The lowest BCUT2D eigenvalue weighted by Gasteiger charge is -2.34. The first-order valence-corrected chi connectivity index (χ1v) is 6.38. The molecule has 0 aromatic rings. The molecule has 2 bridgehead atoms. The molecular weight excluding hydrogens is 288 g/mol. The lowest BCUT2D eigenvalue weighted by molar-refractivity contribution is 0.152. The minimum absolute atomic E-state index is 0.660. The predicted molar refractivity (Wildman–Crippen MR) is 77.5 cm³/mol. The second-order valence-electron chi connectivity index (χ2n) is 5.46. The molecule has 8 nitrogen and oxygen atoms in total. The smallest absolute Gasteiger partial charge is 0.222 e. The highest BCUT2D eigenvalue weighted by molar-refractivity contribution is 5.26. The van der Waals surface area contributed by atoms with Gasteiger partial charge in [-0.15, -0.1) is 0 Å². The van der Waals surface area contributed by atoms with Gasteiger partial charge in [0.25, 0.3) is 0 Å². The summed E-state index contributed by atoms with van der Waals surface area (Å²) in [6, 6.07) is 0. The highest BCUT2D eigenvalue weighted by Crippen LogP contribution is 2.65. The van der Waals surface area contributed by atoms with E-state index in [1.807, 2.05) is 0 Å². The number of isocyanates is 4. The van der Waals surface area contributed by atoms with Crippen LogP contribution in [0.4, 0.5) is 0 Å². The molecule has 0 aromatic heterocycles. The zero-order chi connectivity index (χ0) is 18.2. The second kappa shape index (κ2) is 13.5. The second-order valence-corrected chi connectivity index (χ2v) is 5.46. The number of hydrogen-bond acceptors (Lipinski definition) is 8. The van der Waals surface area contributed by atoms with Crippen LogP contribution in [0.25, 0.3) is 0 Å². The Balaban J connectivity index is -0.000000254. The molecule has 122 valence electrons. The van der Waals surface area contributed by atoms with E-state index in [2.05, 4.69) is 20.8 Å². The van der Waals surface area contributed by atoms with E-state index in [0.29, 0.717) is 10.8 Å². The van der Waals surface area contributed by atoms with E-state index >= 15 is 0 Å². The Morgan fingerprint density at radius 2 is 0.955 bits per heavy atom. The first-order valence-electron chi connectivity index (χ1n) is 6.38. The molecule has 2 saturated carbocycles.